The highest BCUT2D eigenvalue weighted by Gasteiger charge is 2.07. The molecule has 0 radical (unpaired) electrons. The molecule has 1 fully saturated rings. The molecule has 3 heteroatoms. The molecule has 1 aliphatic rings. The predicted octanol–water partition coefficient (Wildman–Crippen LogP) is -0.0452. The van der Waals surface area contributed by atoms with Crippen molar-refractivity contribution in [1.29, 1.82) is 0 Å². The molecule has 1 heterocycles. The molecular formula is C7H12N2S. The maximum atomic E-state index is 5.05. The molecule has 0 saturated carbocycles. The van der Waals surface area contributed by atoms with Crippen molar-refractivity contribution in [2.75, 3.05) is 31.1 Å². The highest BCUT2D eigenvalue weighted by atomic mass is 32.2. The SMILES string of the molecule is NC#CCN1CCSCC1. The van der Waals surface area contributed by atoms with Gasteiger partial charge in [-0.05, 0) is 0 Å². The van der Waals surface area contributed by atoms with Crippen molar-refractivity contribution in [1.82, 2.24) is 4.90 Å². The van der Waals surface area contributed by atoms with Gasteiger partial charge >= 0.3 is 0 Å². The van der Waals surface area contributed by atoms with Crippen LogP contribution >= 0.6 is 11.8 Å². The Morgan fingerprint density at radius 3 is 2.70 bits per heavy atom. The van der Waals surface area contributed by atoms with Gasteiger partial charge in [0.25, 0.3) is 0 Å². The van der Waals surface area contributed by atoms with Gasteiger partial charge in [0.1, 0.15) is 0 Å². The van der Waals surface area contributed by atoms with E-state index in [0.29, 0.717) is 0 Å². The molecule has 0 aromatic heterocycles. The zero-order chi connectivity index (χ0) is 7.23. The molecule has 0 amide bonds. The summed E-state index contributed by atoms with van der Waals surface area (Å²) in [6.45, 7) is 3.18. The van der Waals surface area contributed by atoms with E-state index in [4.69, 9.17) is 5.73 Å². The summed E-state index contributed by atoms with van der Waals surface area (Å²) in [5.41, 5.74) is 5.05. The van der Waals surface area contributed by atoms with Crippen molar-refractivity contribution in [2.45, 2.75) is 0 Å². The molecule has 10 heavy (non-hydrogen) atoms. The van der Waals surface area contributed by atoms with Gasteiger partial charge in [-0.15, -0.1) is 0 Å². The molecule has 0 aliphatic carbocycles. The second-order valence-electron chi connectivity index (χ2n) is 2.21. The summed E-state index contributed by atoms with van der Waals surface area (Å²) in [5.74, 6) is 5.35. The number of rotatable bonds is 1. The van der Waals surface area contributed by atoms with Gasteiger partial charge in [-0.1, -0.05) is 5.92 Å². The van der Waals surface area contributed by atoms with Gasteiger partial charge in [0.15, 0.2) is 0 Å². The lowest BCUT2D eigenvalue weighted by Crippen LogP contribution is -2.32. The van der Waals surface area contributed by atoms with E-state index < -0.39 is 0 Å². The van der Waals surface area contributed by atoms with E-state index in [-0.39, 0.29) is 0 Å². The lowest BCUT2D eigenvalue weighted by Gasteiger charge is -2.23. The third kappa shape index (κ3) is 2.51. The number of hydrogen-bond donors (Lipinski definition) is 1. The zero-order valence-corrected chi connectivity index (χ0v) is 6.78. The topological polar surface area (TPSA) is 29.3 Å². The number of hydrogen-bond acceptors (Lipinski definition) is 3. The second kappa shape index (κ2) is 4.48. The van der Waals surface area contributed by atoms with E-state index in [1.54, 1.807) is 0 Å². The highest BCUT2D eigenvalue weighted by molar-refractivity contribution is 7.99. The van der Waals surface area contributed by atoms with Crippen LogP contribution in [0.1, 0.15) is 0 Å². The summed E-state index contributed by atoms with van der Waals surface area (Å²) in [6, 6.07) is 2.42. The van der Waals surface area contributed by atoms with Crippen LogP contribution in [0.15, 0.2) is 0 Å². The lowest BCUT2D eigenvalue weighted by atomic mass is 10.5. The summed E-state index contributed by atoms with van der Waals surface area (Å²) in [4.78, 5) is 2.33. The number of thioether (sulfide) groups is 1. The minimum Gasteiger partial charge on any atom is -0.359 e. The molecular weight excluding hydrogens is 144 g/mol. The number of nitrogens with two attached hydrogens (primary N) is 1. The van der Waals surface area contributed by atoms with E-state index in [0.717, 1.165) is 6.54 Å². The molecule has 1 aliphatic heterocycles. The molecule has 2 N–H and O–H groups in total. The van der Waals surface area contributed by atoms with Crippen LogP contribution in [0.3, 0.4) is 0 Å². The quantitative estimate of drug-likeness (QED) is 0.426. The predicted molar refractivity (Wildman–Crippen MR) is 45.7 cm³/mol. The molecule has 0 unspecified atom stereocenters. The van der Waals surface area contributed by atoms with Gasteiger partial charge < -0.3 is 5.73 Å². The Bertz CT molecular complexity index is 141. The molecule has 2 nitrogen and oxygen atoms in total. The van der Waals surface area contributed by atoms with Gasteiger partial charge in [-0.3, -0.25) is 4.90 Å². The minimum absolute atomic E-state index is 0.844. The monoisotopic (exact) mass is 156 g/mol. The Morgan fingerprint density at radius 2 is 2.10 bits per heavy atom. The third-order valence-electron chi connectivity index (χ3n) is 1.51. The summed E-state index contributed by atoms with van der Waals surface area (Å²) >= 11 is 2.01. The summed E-state index contributed by atoms with van der Waals surface area (Å²) in [6.07, 6.45) is 0. The van der Waals surface area contributed by atoms with E-state index in [2.05, 4.69) is 16.9 Å². The first-order valence-electron chi connectivity index (χ1n) is 3.42. The van der Waals surface area contributed by atoms with Crippen molar-refractivity contribution in [3.63, 3.8) is 0 Å². The van der Waals surface area contributed by atoms with E-state index in [9.17, 15) is 0 Å². The molecule has 1 saturated heterocycles. The molecule has 1 rings (SSSR count). The highest BCUT2D eigenvalue weighted by Crippen LogP contribution is 2.07. The zero-order valence-electron chi connectivity index (χ0n) is 5.97. The van der Waals surface area contributed by atoms with Crippen LogP contribution in [-0.4, -0.2) is 36.0 Å². The largest absolute Gasteiger partial charge is 0.359 e. The molecule has 0 spiro atoms. The van der Waals surface area contributed by atoms with Crippen LogP contribution < -0.4 is 5.73 Å². The Morgan fingerprint density at radius 1 is 1.40 bits per heavy atom. The molecule has 0 atom stereocenters. The first-order valence-corrected chi connectivity index (χ1v) is 4.57. The average Bonchev–Trinajstić information content (AvgIpc) is 2.03. The van der Waals surface area contributed by atoms with Crippen molar-refractivity contribution in [3.05, 3.63) is 0 Å². The van der Waals surface area contributed by atoms with Crippen molar-refractivity contribution in [2.24, 2.45) is 5.73 Å². The Hall–Kier alpha value is -0.330. The van der Waals surface area contributed by atoms with E-state index in [1.165, 1.54) is 24.6 Å². The van der Waals surface area contributed by atoms with Gasteiger partial charge in [0.2, 0.25) is 0 Å². The first-order chi connectivity index (χ1) is 4.93. The fourth-order valence-electron chi connectivity index (χ4n) is 0.917. The lowest BCUT2D eigenvalue weighted by molar-refractivity contribution is 0.341. The standard InChI is InChI=1S/C7H12N2S/c8-2-1-3-9-4-6-10-7-5-9/h3-8H2. The van der Waals surface area contributed by atoms with Gasteiger partial charge in [-0.25, -0.2) is 0 Å². The smallest absolute Gasteiger partial charge is 0.0620 e. The molecule has 56 valence electrons. The summed E-state index contributed by atoms with van der Waals surface area (Å²) in [5, 5.41) is 0. The summed E-state index contributed by atoms with van der Waals surface area (Å²) < 4.78 is 0. The fourth-order valence-corrected chi connectivity index (χ4v) is 1.90. The Labute approximate surface area is 66.1 Å². The molecule has 0 aromatic carbocycles. The van der Waals surface area contributed by atoms with Gasteiger partial charge in [-0.2, -0.15) is 11.8 Å². The van der Waals surface area contributed by atoms with Gasteiger partial charge in [0, 0.05) is 30.6 Å². The van der Waals surface area contributed by atoms with Gasteiger partial charge in [0.05, 0.1) is 6.54 Å². The van der Waals surface area contributed by atoms with Crippen LogP contribution in [0.2, 0.25) is 0 Å². The second-order valence-corrected chi connectivity index (χ2v) is 3.43. The van der Waals surface area contributed by atoms with E-state index >= 15 is 0 Å². The third-order valence-corrected chi connectivity index (χ3v) is 2.45. The van der Waals surface area contributed by atoms with Crippen molar-refractivity contribution in [3.8, 4) is 12.0 Å². The maximum absolute atomic E-state index is 5.05. The minimum atomic E-state index is 0.844. The Kier molecular flexibility index (Phi) is 3.48. The van der Waals surface area contributed by atoms with Crippen LogP contribution in [0.25, 0.3) is 0 Å². The summed E-state index contributed by atoms with van der Waals surface area (Å²) in [7, 11) is 0. The van der Waals surface area contributed by atoms with Crippen LogP contribution in [0, 0.1) is 12.0 Å². The fraction of sp³-hybridized carbons (Fsp3) is 0.714. The first kappa shape index (κ1) is 7.77. The van der Waals surface area contributed by atoms with Crippen LogP contribution in [0.5, 0.6) is 0 Å². The molecule has 0 aromatic rings. The number of nitrogens with zero attached hydrogens (tertiary/aromatic N) is 1. The Balaban J connectivity index is 2.17. The van der Waals surface area contributed by atoms with Crippen LogP contribution in [0.4, 0.5) is 0 Å². The van der Waals surface area contributed by atoms with Crippen molar-refractivity contribution >= 4 is 11.8 Å². The molecule has 0 bridgehead atoms. The van der Waals surface area contributed by atoms with Crippen molar-refractivity contribution < 1.29 is 0 Å². The maximum Gasteiger partial charge on any atom is 0.0620 e. The van der Waals surface area contributed by atoms with E-state index in [1.807, 2.05) is 11.8 Å². The average molecular weight is 156 g/mol. The van der Waals surface area contributed by atoms with Crippen LogP contribution in [-0.2, 0) is 0 Å². The normalized spacial score (nSPS) is 19.6.